The molecule has 1 spiro atoms. The predicted octanol–water partition coefficient (Wildman–Crippen LogP) is 9.37. The maximum absolute atomic E-state index is 15.1. The number of halogens is 1. The van der Waals surface area contributed by atoms with Crippen LogP contribution in [0.15, 0.2) is 96.2 Å². The summed E-state index contributed by atoms with van der Waals surface area (Å²) in [5.41, 5.74) is 4.66. The van der Waals surface area contributed by atoms with E-state index in [9.17, 15) is 23.5 Å². The monoisotopic (exact) mass is 1110 g/mol. The second-order valence-electron chi connectivity index (χ2n) is 23.7. The quantitative estimate of drug-likeness (QED) is 0.0510. The predicted molar refractivity (Wildman–Crippen MR) is 306 cm³/mol. The molecule has 1 amide bonds. The Bertz CT molecular complexity index is 3310. The minimum atomic E-state index is -4.60. The lowest BCUT2D eigenvalue weighted by molar-refractivity contribution is -0.751. The summed E-state index contributed by atoms with van der Waals surface area (Å²) in [5, 5.41) is 26.3. The number of sulfonamides is 1. The van der Waals surface area contributed by atoms with Crippen LogP contribution in [0.1, 0.15) is 131 Å². The molecule has 2 aliphatic carbocycles. The summed E-state index contributed by atoms with van der Waals surface area (Å²) in [4.78, 5) is 33.6. The number of H-pyrrole nitrogens is 1. The minimum absolute atomic E-state index is 0.0115. The summed E-state index contributed by atoms with van der Waals surface area (Å²) in [6, 6.07) is 27.0. The number of aromatic nitrogens is 3. The van der Waals surface area contributed by atoms with Gasteiger partial charge < -0.3 is 44.8 Å². The summed E-state index contributed by atoms with van der Waals surface area (Å²) in [6.07, 6.45) is 11.8. The first-order valence-electron chi connectivity index (χ1n) is 28.6. The number of hydrogen-bond acceptors (Lipinski definition) is 14. The third-order valence-corrected chi connectivity index (χ3v) is 19.3. The van der Waals surface area contributed by atoms with Gasteiger partial charge in [-0.05, 0) is 136 Å². The molecule has 80 heavy (non-hydrogen) atoms. The van der Waals surface area contributed by atoms with Gasteiger partial charge in [-0.3, -0.25) is 14.6 Å². The third-order valence-electron chi connectivity index (χ3n) is 18.0. The van der Waals surface area contributed by atoms with Crippen molar-refractivity contribution in [3.63, 3.8) is 0 Å². The summed E-state index contributed by atoms with van der Waals surface area (Å²) >= 11 is 0. The molecule has 6 fully saturated rings. The van der Waals surface area contributed by atoms with Crippen LogP contribution < -0.4 is 34.2 Å². The SMILES string of the molecule is CCOc1nc2[nH]cc(F)c2cc1Oc1cc(N2CCC3(CC2)CC(N2C4CCC([C@H]2c2ccccc2C(C)C)N(Cc2ccc(OC)cc2)C4)C3)ccc1C(=O)NS(=O)(=O)c1cnc(NCC2CCC(C)(O)CC2)c([NH+](C)[O-])c1. The average Bonchev–Trinajstić information content (AvgIpc) is 3.87. The molecular formula is C61H76FN9O8S. The fourth-order valence-corrected chi connectivity index (χ4v) is 14.5. The number of fused-ring (bicyclic) bond motifs is 4. The van der Waals surface area contributed by atoms with Gasteiger partial charge >= 0.3 is 0 Å². The number of quaternary nitrogens is 1. The van der Waals surface area contributed by atoms with Crippen molar-refractivity contribution in [2.24, 2.45) is 11.3 Å². The molecule has 3 aromatic carbocycles. The summed E-state index contributed by atoms with van der Waals surface area (Å²) in [7, 11) is -1.56. The van der Waals surface area contributed by atoms with E-state index in [1.165, 1.54) is 61.0 Å². The summed E-state index contributed by atoms with van der Waals surface area (Å²) in [6.45, 7) is 12.4. The van der Waals surface area contributed by atoms with Crippen molar-refractivity contribution in [2.45, 2.75) is 139 Å². The molecule has 4 atom stereocenters. The van der Waals surface area contributed by atoms with Crippen LogP contribution >= 0.6 is 0 Å². The number of carbonyl (C=O) groups excluding carboxylic acids is 1. The van der Waals surface area contributed by atoms with E-state index in [0.29, 0.717) is 49.5 Å². The van der Waals surface area contributed by atoms with E-state index in [-0.39, 0.29) is 68.3 Å². The minimum Gasteiger partial charge on any atom is -0.629 e. The van der Waals surface area contributed by atoms with Gasteiger partial charge in [-0.15, -0.1) is 0 Å². The van der Waals surface area contributed by atoms with Crippen LogP contribution in [0.5, 0.6) is 23.1 Å². The number of rotatable bonds is 18. The second-order valence-corrected chi connectivity index (χ2v) is 25.4. The molecule has 5 N–H and O–H groups in total. The number of nitrogens with zero attached hydrogens (tertiary/aromatic N) is 5. The number of hydroxylamine groups is 1. The molecular weight excluding hydrogens is 1040 g/mol. The third kappa shape index (κ3) is 11.3. The number of carbonyl (C=O) groups is 1. The van der Waals surface area contributed by atoms with Gasteiger partial charge in [-0.25, -0.2) is 22.5 Å². The van der Waals surface area contributed by atoms with E-state index in [2.05, 4.69) is 102 Å². The van der Waals surface area contributed by atoms with Crippen molar-refractivity contribution < 1.29 is 42.0 Å². The molecule has 426 valence electrons. The Morgan fingerprint density at radius 3 is 2.44 bits per heavy atom. The zero-order valence-corrected chi connectivity index (χ0v) is 47.6. The van der Waals surface area contributed by atoms with Gasteiger partial charge in [0.15, 0.2) is 17.3 Å². The number of anilines is 2. The molecule has 19 heteroatoms. The second kappa shape index (κ2) is 22.5. The smallest absolute Gasteiger partial charge is 0.268 e. The van der Waals surface area contributed by atoms with Gasteiger partial charge in [0.1, 0.15) is 27.9 Å². The van der Waals surface area contributed by atoms with Crippen LogP contribution in [0, 0.1) is 22.4 Å². The van der Waals surface area contributed by atoms with Crippen LogP contribution in [-0.4, -0.2) is 115 Å². The van der Waals surface area contributed by atoms with Crippen molar-refractivity contribution >= 4 is 44.2 Å². The molecule has 12 rings (SSSR count). The van der Waals surface area contributed by atoms with Crippen molar-refractivity contribution in [1.82, 2.24) is 29.5 Å². The van der Waals surface area contributed by atoms with Gasteiger partial charge in [0, 0.05) is 80.9 Å². The normalized spacial score (nSPS) is 23.8. The number of piperidine rings is 3. The number of aliphatic hydroxyl groups is 1. The Balaban J connectivity index is 0.821. The molecule has 7 heterocycles. The zero-order valence-electron chi connectivity index (χ0n) is 46.8. The summed E-state index contributed by atoms with van der Waals surface area (Å²) < 4.78 is 63.3. The number of amides is 1. The Kier molecular flexibility index (Phi) is 15.6. The highest BCUT2D eigenvalue weighted by Crippen LogP contribution is 2.57. The van der Waals surface area contributed by atoms with Crippen molar-refractivity contribution in [3.05, 3.63) is 125 Å². The van der Waals surface area contributed by atoms with Crippen LogP contribution in [0.4, 0.5) is 21.6 Å². The number of nitrogens with one attached hydrogen (secondary N) is 4. The fraction of sp³-hybridized carbons (Fsp3) is 0.492. The van der Waals surface area contributed by atoms with Crippen molar-refractivity contribution in [3.8, 4) is 23.1 Å². The van der Waals surface area contributed by atoms with Gasteiger partial charge in [0.25, 0.3) is 21.8 Å². The highest BCUT2D eigenvalue weighted by atomic mass is 32.2. The number of ether oxygens (including phenoxy) is 3. The first-order chi connectivity index (χ1) is 38.4. The number of piperazine rings is 1. The van der Waals surface area contributed by atoms with Crippen LogP contribution in [0.25, 0.3) is 11.0 Å². The van der Waals surface area contributed by atoms with E-state index in [4.69, 9.17) is 14.2 Å². The Labute approximate surface area is 468 Å². The highest BCUT2D eigenvalue weighted by molar-refractivity contribution is 7.90. The van der Waals surface area contributed by atoms with Gasteiger partial charge in [-0.1, -0.05) is 50.2 Å². The lowest BCUT2D eigenvalue weighted by Crippen LogP contribution is -2.98. The maximum atomic E-state index is 15.1. The van der Waals surface area contributed by atoms with E-state index >= 15 is 4.39 Å². The van der Waals surface area contributed by atoms with Crippen LogP contribution in [0.2, 0.25) is 0 Å². The number of benzene rings is 3. The largest absolute Gasteiger partial charge is 0.629 e. The maximum Gasteiger partial charge on any atom is 0.268 e. The highest BCUT2D eigenvalue weighted by Gasteiger charge is 2.56. The van der Waals surface area contributed by atoms with Crippen molar-refractivity contribution in [1.29, 1.82) is 0 Å². The molecule has 0 radical (unpaired) electrons. The van der Waals surface area contributed by atoms with Crippen molar-refractivity contribution in [2.75, 3.05) is 57.2 Å². The number of pyridine rings is 2. The standard InChI is InChI=1S/C61H76FN9O8S/c1-7-78-59-54(30-49-50(62)35-65-56(49)66-59)79-53-28-41(14-18-48(53)58(72)67-80(75,76)45-29-52(68(5)74)57(64-34-45)63-33-39-20-22-60(4,73)23-21-39)69-26-24-61(25-27-69)31-43(32-61)71-42-15-19-51(55(71)47-11-9-8-10-46(47)38(2)3)70(37-42)36-40-12-16-44(77-6)17-13-40/h8-14,16-18,28-30,34-35,38-39,42-43,51,55,68,73H,7,15,19-27,31-33,36-37H2,1-6H3,(H,63,64)(H,65,66)(H,67,72)/t39?,42?,51?,55-,60?/m1/s1. The molecule has 17 nitrogen and oxygen atoms in total. The van der Waals surface area contributed by atoms with Crippen LogP contribution in [-0.2, 0) is 16.6 Å². The molecule has 3 unspecified atom stereocenters. The first kappa shape index (κ1) is 55.6. The Morgan fingerprint density at radius 2 is 1.73 bits per heavy atom. The molecule has 4 saturated heterocycles. The van der Waals surface area contributed by atoms with E-state index in [1.54, 1.807) is 26.2 Å². The lowest BCUT2D eigenvalue weighted by atomic mass is 9.58. The molecule has 6 aliphatic rings. The molecule has 4 aliphatic heterocycles. The number of aromatic amines is 1. The summed E-state index contributed by atoms with van der Waals surface area (Å²) in [5.74, 6) is 0.304. The van der Waals surface area contributed by atoms with Gasteiger partial charge in [-0.2, -0.15) is 4.98 Å². The van der Waals surface area contributed by atoms with Gasteiger partial charge in [0.05, 0.1) is 49.6 Å². The topological polar surface area (TPSA) is 202 Å². The first-order valence-corrected chi connectivity index (χ1v) is 30.0. The van der Waals surface area contributed by atoms with Crippen LogP contribution in [0.3, 0.4) is 0 Å². The van der Waals surface area contributed by atoms with Gasteiger partial charge in [0.2, 0.25) is 0 Å². The number of methoxy groups -OCH3 is 1. The Morgan fingerprint density at radius 1 is 0.975 bits per heavy atom. The zero-order chi connectivity index (χ0) is 56.1. The van der Waals surface area contributed by atoms with E-state index in [1.807, 2.05) is 6.92 Å². The fourth-order valence-electron chi connectivity index (χ4n) is 13.6. The van der Waals surface area contributed by atoms with E-state index < -0.39 is 32.4 Å². The number of hydrogen-bond donors (Lipinski definition) is 5. The average molecular weight is 1110 g/mol. The van der Waals surface area contributed by atoms with E-state index in [0.717, 1.165) is 82.3 Å². The molecule has 6 aromatic rings. The molecule has 2 saturated carbocycles. The molecule has 3 aromatic heterocycles. The Hall–Kier alpha value is -6.35. The lowest BCUT2D eigenvalue weighted by Gasteiger charge is -2.64. The molecule has 2 bridgehead atoms.